The summed E-state index contributed by atoms with van der Waals surface area (Å²) in [4.78, 5) is 0.481. The van der Waals surface area contributed by atoms with Gasteiger partial charge >= 0.3 is 6.18 Å². The molecule has 1 rings (SSSR count). The van der Waals surface area contributed by atoms with Gasteiger partial charge in [0.25, 0.3) is 0 Å². The molecule has 1 aromatic carbocycles. The molecular formula is C9H8F4S. The molecule has 0 nitrogen and oxygen atoms in total. The zero-order valence-electron chi connectivity index (χ0n) is 7.36. The van der Waals surface area contributed by atoms with Gasteiger partial charge in [-0.05, 0) is 24.0 Å². The van der Waals surface area contributed by atoms with Gasteiger partial charge in [-0.3, -0.25) is 0 Å². The van der Waals surface area contributed by atoms with Gasteiger partial charge in [0.15, 0.2) is 0 Å². The topological polar surface area (TPSA) is 0 Å². The van der Waals surface area contributed by atoms with Crippen LogP contribution in [0.2, 0.25) is 0 Å². The van der Waals surface area contributed by atoms with E-state index in [-0.39, 0.29) is 5.56 Å². The van der Waals surface area contributed by atoms with Crippen LogP contribution >= 0.6 is 11.8 Å². The number of rotatable bonds is 2. The van der Waals surface area contributed by atoms with Crippen LogP contribution in [0.4, 0.5) is 17.6 Å². The van der Waals surface area contributed by atoms with Crippen LogP contribution in [-0.2, 0) is 12.9 Å². The molecule has 0 amide bonds. The first kappa shape index (κ1) is 11.4. The molecule has 5 heteroatoms. The van der Waals surface area contributed by atoms with Gasteiger partial charge in [0.1, 0.15) is 6.67 Å². The molecule has 0 heterocycles. The predicted octanol–water partition coefficient (Wildman–Crippen LogP) is 3.90. The van der Waals surface area contributed by atoms with E-state index in [0.29, 0.717) is 4.90 Å². The van der Waals surface area contributed by atoms with Crippen LogP contribution in [0.1, 0.15) is 11.1 Å². The second-order valence-electron chi connectivity index (χ2n) is 2.65. The Labute approximate surface area is 83.3 Å². The van der Waals surface area contributed by atoms with E-state index >= 15 is 0 Å². The lowest BCUT2D eigenvalue weighted by Gasteiger charge is -2.11. The van der Waals surface area contributed by atoms with Gasteiger partial charge in [0.05, 0.1) is 5.56 Å². The molecule has 0 atom stereocenters. The molecule has 0 saturated heterocycles. The highest BCUT2D eigenvalue weighted by atomic mass is 32.2. The smallest absolute Gasteiger partial charge is 0.246 e. The third-order valence-corrected chi connectivity index (χ3v) is 2.49. The van der Waals surface area contributed by atoms with Crippen LogP contribution in [0.3, 0.4) is 0 Å². The lowest BCUT2D eigenvalue weighted by molar-refractivity contribution is -0.138. The number of benzene rings is 1. The number of halogens is 4. The van der Waals surface area contributed by atoms with Crippen molar-refractivity contribution in [2.45, 2.75) is 17.7 Å². The van der Waals surface area contributed by atoms with E-state index in [1.165, 1.54) is 23.9 Å². The van der Waals surface area contributed by atoms with Gasteiger partial charge in [-0.2, -0.15) is 13.2 Å². The number of hydrogen-bond acceptors (Lipinski definition) is 1. The van der Waals surface area contributed by atoms with Crippen LogP contribution in [0.25, 0.3) is 0 Å². The van der Waals surface area contributed by atoms with E-state index in [2.05, 4.69) is 0 Å². The van der Waals surface area contributed by atoms with Crippen molar-refractivity contribution in [1.29, 1.82) is 0 Å². The molecule has 0 aliphatic rings. The van der Waals surface area contributed by atoms with Gasteiger partial charge < -0.3 is 0 Å². The number of thioether (sulfide) groups is 1. The van der Waals surface area contributed by atoms with Crippen molar-refractivity contribution >= 4 is 11.8 Å². The Morgan fingerprint density at radius 1 is 1.29 bits per heavy atom. The van der Waals surface area contributed by atoms with Crippen molar-refractivity contribution in [2.24, 2.45) is 0 Å². The Bertz CT molecular complexity index is 319. The van der Waals surface area contributed by atoms with Gasteiger partial charge in [0, 0.05) is 4.90 Å². The lowest BCUT2D eigenvalue weighted by atomic mass is 10.1. The third kappa shape index (κ3) is 2.41. The zero-order valence-corrected chi connectivity index (χ0v) is 8.18. The summed E-state index contributed by atoms with van der Waals surface area (Å²) >= 11 is 1.20. The molecule has 0 radical (unpaired) electrons. The predicted molar refractivity (Wildman–Crippen MR) is 48.0 cm³/mol. The molecule has 0 bridgehead atoms. The Kier molecular flexibility index (Phi) is 3.42. The number of hydrogen-bond donors (Lipinski definition) is 0. The van der Waals surface area contributed by atoms with Crippen LogP contribution in [-0.4, -0.2) is 6.26 Å². The van der Waals surface area contributed by atoms with Gasteiger partial charge in [-0.25, -0.2) is 4.39 Å². The summed E-state index contributed by atoms with van der Waals surface area (Å²) in [5, 5.41) is 0. The molecule has 0 aliphatic carbocycles. The first-order valence-corrected chi connectivity index (χ1v) is 5.01. The summed E-state index contributed by atoms with van der Waals surface area (Å²) in [5.74, 6) is 0. The molecule has 0 aromatic heterocycles. The van der Waals surface area contributed by atoms with E-state index in [4.69, 9.17) is 0 Å². The maximum absolute atomic E-state index is 12.4. The Morgan fingerprint density at radius 3 is 2.36 bits per heavy atom. The van der Waals surface area contributed by atoms with E-state index in [1.54, 1.807) is 6.26 Å². The summed E-state index contributed by atoms with van der Waals surface area (Å²) < 4.78 is 49.4. The second kappa shape index (κ2) is 4.21. The quantitative estimate of drug-likeness (QED) is 0.542. The molecule has 0 saturated carbocycles. The standard InChI is InChI=1S/C9H8F4S/c1-14-7-3-2-6(5-10)8(4-7)9(11,12)13/h2-4H,5H2,1H3. The maximum Gasteiger partial charge on any atom is 0.416 e. The van der Waals surface area contributed by atoms with Crippen LogP contribution in [0.15, 0.2) is 23.1 Å². The average molecular weight is 224 g/mol. The Balaban J connectivity index is 3.22. The highest BCUT2D eigenvalue weighted by Gasteiger charge is 2.33. The third-order valence-electron chi connectivity index (χ3n) is 1.77. The Morgan fingerprint density at radius 2 is 1.93 bits per heavy atom. The van der Waals surface area contributed by atoms with Gasteiger partial charge in [-0.15, -0.1) is 11.8 Å². The summed E-state index contributed by atoms with van der Waals surface area (Å²) in [6.45, 7) is -1.09. The van der Waals surface area contributed by atoms with Gasteiger partial charge in [0.2, 0.25) is 0 Å². The van der Waals surface area contributed by atoms with Crippen LogP contribution in [0, 0.1) is 0 Å². The largest absolute Gasteiger partial charge is 0.416 e. The van der Waals surface area contributed by atoms with Crippen molar-refractivity contribution in [3.63, 3.8) is 0 Å². The Hall–Kier alpha value is -0.710. The highest BCUT2D eigenvalue weighted by Crippen LogP contribution is 2.34. The molecule has 14 heavy (non-hydrogen) atoms. The second-order valence-corrected chi connectivity index (χ2v) is 3.53. The van der Waals surface area contributed by atoms with Crippen LogP contribution in [0.5, 0.6) is 0 Å². The van der Waals surface area contributed by atoms with Crippen molar-refractivity contribution < 1.29 is 17.6 Å². The number of alkyl halides is 4. The monoisotopic (exact) mass is 224 g/mol. The average Bonchev–Trinajstić information content (AvgIpc) is 2.15. The van der Waals surface area contributed by atoms with E-state index in [0.717, 1.165) is 6.07 Å². The SMILES string of the molecule is CSc1ccc(CF)c(C(F)(F)F)c1. The normalized spacial score (nSPS) is 11.8. The van der Waals surface area contributed by atoms with Crippen molar-refractivity contribution in [2.75, 3.05) is 6.26 Å². The minimum absolute atomic E-state index is 0.310. The summed E-state index contributed by atoms with van der Waals surface area (Å²) in [5.41, 5.74) is -1.19. The van der Waals surface area contributed by atoms with E-state index < -0.39 is 18.4 Å². The van der Waals surface area contributed by atoms with E-state index in [9.17, 15) is 17.6 Å². The lowest BCUT2D eigenvalue weighted by Crippen LogP contribution is -2.08. The van der Waals surface area contributed by atoms with E-state index in [1.807, 2.05) is 0 Å². The summed E-state index contributed by atoms with van der Waals surface area (Å²) in [7, 11) is 0. The molecule has 0 unspecified atom stereocenters. The molecule has 78 valence electrons. The molecule has 0 aliphatic heterocycles. The molecule has 1 aromatic rings. The molecule has 0 fully saturated rings. The van der Waals surface area contributed by atoms with Gasteiger partial charge in [-0.1, -0.05) is 6.07 Å². The minimum atomic E-state index is -4.48. The summed E-state index contributed by atoms with van der Waals surface area (Å²) in [6.07, 6.45) is -2.81. The molecule has 0 N–H and O–H groups in total. The van der Waals surface area contributed by atoms with Crippen molar-refractivity contribution in [3.05, 3.63) is 29.3 Å². The fourth-order valence-corrected chi connectivity index (χ4v) is 1.50. The first-order chi connectivity index (χ1) is 6.49. The summed E-state index contributed by atoms with van der Waals surface area (Å²) in [6, 6.07) is 3.63. The zero-order chi connectivity index (χ0) is 10.8. The first-order valence-electron chi connectivity index (χ1n) is 3.79. The van der Waals surface area contributed by atoms with Crippen molar-refractivity contribution in [1.82, 2.24) is 0 Å². The highest BCUT2D eigenvalue weighted by molar-refractivity contribution is 7.98. The fourth-order valence-electron chi connectivity index (χ4n) is 1.06. The molecular weight excluding hydrogens is 216 g/mol. The van der Waals surface area contributed by atoms with Crippen LogP contribution < -0.4 is 0 Å². The molecule has 0 spiro atoms. The minimum Gasteiger partial charge on any atom is -0.246 e. The maximum atomic E-state index is 12.4. The van der Waals surface area contributed by atoms with Crippen molar-refractivity contribution in [3.8, 4) is 0 Å². The fraction of sp³-hybridized carbons (Fsp3) is 0.333.